The summed E-state index contributed by atoms with van der Waals surface area (Å²) >= 11 is 0. The van der Waals surface area contributed by atoms with E-state index in [-0.39, 0.29) is 0 Å². The van der Waals surface area contributed by atoms with Gasteiger partial charge in [-0.2, -0.15) is 0 Å². The molecular weight excluding hydrogens is 288 g/mol. The number of fused-ring (bicyclic) bond motifs is 1. The Morgan fingerprint density at radius 3 is 2.87 bits per heavy atom. The van der Waals surface area contributed by atoms with Crippen molar-refractivity contribution in [3.05, 3.63) is 42.1 Å². The fraction of sp³-hybridized carbons (Fsp3) is 0.333. The van der Waals surface area contributed by atoms with E-state index in [4.69, 9.17) is 4.74 Å². The minimum Gasteiger partial charge on any atom is -0.381 e. The number of nitrogens with zero attached hydrogens (tertiary/aromatic N) is 2. The zero-order chi connectivity index (χ0) is 15.6. The molecule has 1 aromatic carbocycles. The number of hydrogen-bond donors (Lipinski definition) is 2. The van der Waals surface area contributed by atoms with Crippen molar-refractivity contribution in [1.29, 1.82) is 0 Å². The number of nitrogens with one attached hydrogen (secondary N) is 2. The lowest BCUT2D eigenvalue weighted by atomic mass is 10.1. The van der Waals surface area contributed by atoms with Crippen LogP contribution in [0.5, 0.6) is 0 Å². The number of benzene rings is 1. The molecule has 2 aromatic heterocycles. The normalized spacial score (nSPS) is 15.9. The highest BCUT2D eigenvalue weighted by Crippen LogP contribution is 2.26. The maximum Gasteiger partial charge on any atom is 0.223 e. The van der Waals surface area contributed by atoms with E-state index < -0.39 is 0 Å². The zero-order valence-corrected chi connectivity index (χ0v) is 13.2. The molecule has 3 aromatic rings. The van der Waals surface area contributed by atoms with Crippen molar-refractivity contribution >= 4 is 17.0 Å². The van der Waals surface area contributed by atoms with E-state index >= 15 is 0 Å². The van der Waals surface area contributed by atoms with E-state index in [9.17, 15) is 0 Å². The molecule has 1 aliphatic rings. The van der Waals surface area contributed by atoms with E-state index in [1.165, 1.54) is 11.1 Å². The summed E-state index contributed by atoms with van der Waals surface area (Å²) in [5.41, 5.74) is 5.42. The molecule has 0 radical (unpaired) electrons. The Morgan fingerprint density at radius 2 is 2.04 bits per heavy atom. The van der Waals surface area contributed by atoms with E-state index in [1.54, 1.807) is 0 Å². The van der Waals surface area contributed by atoms with Crippen LogP contribution in [-0.4, -0.2) is 34.2 Å². The number of aromatic amines is 1. The summed E-state index contributed by atoms with van der Waals surface area (Å²) in [7, 11) is 0. The molecule has 23 heavy (non-hydrogen) atoms. The molecule has 0 unspecified atom stereocenters. The van der Waals surface area contributed by atoms with Crippen LogP contribution in [0, 0.1) is 6.92 Å². The Kier molecular flexibility index (Phi) is 3.71. The quantitative estimate of drug-likeness (QED) is 0.777. The average molecular weight is 308 g/mol. The Hall–Kier alpha value is -2.40. The van der Waals surface area contributed by atoms with Gasteiger partial charge in [-0.1, -0.05) is 24.3 Å². The molecule has 0 atom stereocenters. The van der Waals surface area contributed by atoms with E-state index in [1.807, 2.05) is 6.20 Å². The summed E-state index contributed by atoms with van der Waals surface area (Å²) < 4.78 is 5.39. The maximum absolute atomic E-state index is 5.39. The third-order valence-corrected chi connectivity index (χ3v) is 4.36. The smallest absolute Gasteiger partial charge is 0.223 e. The van der Waals surface area contributed by atoms with Gasteiger partial charge < -0.3 is 15.0 Å². The number of anilines is 1. The third kappa shape index (κ3) is 2.92. The predicted octanol–water partition coefficient (Wildman–Crippen LogP) is 3.52. The Morgan fingerprint density at radius 1 is 1.22 bits per heavy atom. The summed E-state index contributed by atoms with van der Waals surface area (Å²) in [6, 6.07) is 10.8. The zero-order valence-electron chi connectivity index (χ0n) is 13.2. The second-order valence-electron chi connectivity index (χ2n) is 6.02. The second kappa shape index (κ2) is 6.01. The van der Waals surface area contributed by atoms with Gasteiger partial charge in [0.05, 0.1) is 17.2 Å². The van der Waals surface area contributed by atoms with Gasteiger partial charge in [0.2, 0.25) is 5.95 Å². The van der Waals surface area contributed by atoms with Gasteiger partial charge in [0, 0.05) is 30.5 Å². The van der Waals surface area contributed by atoms with E-state index in [0.29, 0.717) is 12.0 Å². The van der Waals surface area contributed by atoms with Crippen molar-refractivity contribution in [2.24, 2.45) is 0 Å². The number of hydrogen-bond acceptors (Lipinski definition) is 4. The highest BCUT2D eigenvalue weighted by molar-refractivity contribution is 5.83. The summed E-state index contributed by atoms with van der Waals surface area (Å²) in [5, 5.41) is 3.42. The molecule has 5 heteroatoms. The summed E-state index contributed by atoms with van der Waals surface area (Å²) in [4.78, 5) is 12.5. The average Bonchev–Trinajstić information content (AvgIpc) is 2.99. The molecule has 0 aliphatic carbocycles. The monoisotopic (exact) mass is 308 g/mol. The molecule has 0 spiro atoms. The van der Waals surface area contributed by atoms with Gasteiger partial charge in [-0.25, -0.2) is 9.97 Å². The van der Waals surface area contributed by atoms with Crippen LogP contribution in [0.1, 0.15) is 18.4 Å². The first-order chi connectivity index (χ1) is 11.3. The van der Waals surface area contributed by atoms with Crippen LogP contribution >= 0.6 is 0 Å². The molecule has 4 rings (SSSR count). The van der Waals surface area contributed by atoms with Crippen LogP contribution in [0.25, 0.3) is 22.3 Å². The molecule has 1 fully saturated rings. The highest BCUT2D eigenvalue weighted by atomic mass is 16.5. The molecule has 0 amide bonds. The SMILES string of the molecule is Cc1ccccc1-c1cc2nc(NC3CCOCC3)ncc2[nH]1. The van der Waals surface area contributed by atoms with Crippen molar-refractivity contribution in [2.45, 2.75) is 25.8 Å². The Bertz CT molecular complexity index is 821. The lowest BCUT2D eigenvalue weighted by Gasteiger charge is -2.22. The molecule has 118 valence electrons. The molecule has 2 N–H and O–H groups in total. The Balaban J connectivity index is 1.63. The van der Waals surface area contributed by atoms with E-state index in [0.717, 1.165) is 42.8 Å². The van der Waals surface area contributed by atoms with Gasteiger partial charge in [0.25, 0.3) is 0 Å². The maximum atomic E-state index is 5.39. The molecule has 0 bridgehead atoms. The lowest BCUT2D eigenvalue weighted by Crippen LogP contribution is -2.28. The number of ether oxygens (including phenoxy) is 1. The Labute approximate surface area is 135 Å². The second-order valence-corrected chi connectivity index (χ2v) is 6.02. The van der Waals surface area contributed by atoms with Crippen molar-refractivity contribution in [3.8, 4) is 11.3 Å². The first-order valence-electron chi connectivity index (χ1n) is 8.05. The predicted molar refractivity (Wildman–Crippen MR) is 91.5 cm³/mol. The van der Waals surface area contributed by atoms with Gasteiger partial charge in [0.1, 0.15) is 0 Å². The van der Waals surface area contributed by atoms with Gasteiger partial charge >= 0.3 is 0 Å². The van der Waals surface area contributed by atoms with Crippen LogP contribution in [0.3, 0.4) is 0 Å². The van der Waals surface area contributed by atoms with Crippen molar-refractivity contribution in [2.75, 3.05) is 18.5 Å². The third-order valence-electron chi connectivity index (χ3n) is 4.36. The molecule has 1 aliphatic heterocycles. The van der Waals surface area contributed by atoms with Gasteiger partial charge in [-0.3, -0.25) is 0 Å². The topological polar surface area (TPSA) is 62.8 Å². The number of aromatic nitrogens is 3. The van der Waals surface area contributed by atoms with E-state index in [2.05, 4.69) is 57.5 Å². The van der Waals surface area contributed by atoms with Crippen LogP contribution in [0.15, 0.2) is 36.5 Å². The first-order valence-corrected chi connectivity index (χ1v) is 8.05. The van der Waals surface area contributed by atoms with Gasteiger partial charge in [0.15, 0.2) is 0 Å². The fourth-order valence-electron chi connectivity index (χ4n) is 3.03. The molecule has 0 saturated carbocycles. The van der Waals surface area contributed by atoms with Crippen molar-refractivity contribution in [3.63, 3.8) is 0 Å². The summed E-state index contributed by atoms with van der Waals surface area (Å²) in [5.74, 6) is 0.694. The number of H-pyrrole nitrogens is 1. The molecule has 3 heterocycles. The first kappa shape index (κ1) is 14.2. The highest BCUT2D eigenvalue weighted by Gasteiger charge is 2.15. The summed E-state index contributed by atoms with van der Waals surface area (Å²) in [6.45, 7) is 3.73. The van der Waals surface area contributed by atoms with Crippen LogP contribution in [0.4, 0.5) is 5.95 Å². The largest absolute Gasteiger partial charge is 0.381 e. The molecule has 1 saturated heterocycles. The lowest BCUT2D eigenvalue weighted by molar-refractivity contribution is 0.0903. The number of rotatable bonds is 3. The minimum absolute atomic E-state index is 0.399. The van der Waals surface area contributed by atoms with Gasteiger partial charge in [-0.05, 0) is 31.4 Å². The molecule has 5 nitrogen and oxygen atoms in total. The number of aryl methyl sites for hydroxylation is 1. The standard InChI is InChI=1S/C18H20N4O/c1-12-4-2-3-5-14(12)15-10-16-17(21-15)11-19-18(22-16)20-13-6-8-23-9-7-13/h2-5,10-11,13,21H,6-9H2,1H3,(H,19,20,22). The van der Waals surface area contributed by atoms with Crippen molar-refractivity contribution in [1.82, 2.24) is 15.0 Å². The van der Waals surface area contributed by atoms with Crippen LogP contribution in [0.2, 0.25) is 0 Å². The van der Waals surface area contributed by atoms with Crippen LogP contribution < -0.4 is 5.32 Å². The minimum atomic E-state index is 0.399. The fourth-order valence-corrected chi connectivity index (χ4v) is 3.03. The summed E-state index contributed by atoms with van der Waals surface area (Å²) in [6.07, 6.45) is 3.86. The van der Waals surface area contributed by atoms with Gasteiger partial charge in [-0.15, -0.1) is 0 Å². The van der Waals surface area contributed by atoms with Crippen molar-refractivity contribution < 1.29 is 4.74 Å². The van der Waals surface area contributed by atoms with Crippen LogP contribution in [-0.2, 0) is 4.74 Å². The molecular formula is C18H20N4O.